The first kappa shape index (κ1) is 13.8. The van der Waals surface area contributed by atoms with Crippen LogP contribution in [0.5, 0.6) is 0 Å². The molecule has 0 saturated carbocycles. The van der Waals surface area contributed by atoms with Gasteiger partial charge in [0.2, 0.25) is 5.91 Å². The fraction of sp³-hybridized carbons (Fsp3) is 0.278. The maximum atomic E-state index is 12.3. The van der Waals surface area contributed by atoms with Gasteiger partial charge >= 0.3 is 0 Å². The van der Waals surface area contributed by atoms with Gasteiger partial charge in [-0.2, -0.15) is 0 Å². The number of hydrogen-bond donors (Lipinski definition) is 1. The smallest absolute Gasteiger partial charge is 0.249 e. The van der Waals surface area contributed by atoms with E-state index < -0.39 is 0 Å². The van der Waals surface area contributed by atoms with Crippen molar-refractivity contribution in [3.63, 3.8) is 0 Å². The van der Waals surface area contributed by atoms with Crippen molar-refractivity contribution < 1.29 is 9.53 Å². The first-order valence-corrected chi connectivity index (χ1v) is 7.24. The van der Waals surface area contributed by atoms with Crippen LogP contribution in [-0.2, 0) is 29.1 Å². The average Bonchev–Trinajstić information content (AvgIpc) is 2.53. The normalized spacial score (nSPS) is 17.1. The van der Waals surface area contributed by atoms with E-state index in [2.05, 4.69) is 30.4 Å². The zero-order valence-corrected chi connectivity index (χ0v) is 12.1. The van der Waals surface area contributed by atoms with Crippen molar-refractivity contribution in [2.24, 2.45) is 0 Å². The van der Waals surface area contributed by atoms with Crippen molar-refractivity contribution in [1.29, 1.82) is 0 Å². The zero-order chi connectivity index (χ0) is 14.7. The van der Waals surface area contributed by atoms with Crippen LogP contribution in [0.1, 0.15) is 22.3 Å². The predicted molar refractivity (Wildman–Crippen MR) is 81.7 cm³/mol. The van der Waals surface area contributed by atoms with E-state index in [0.717, 1.165) is 5.56 Å². The summed E-state index contributed by atoms with van der Waals surface area (Å²) in [5.41, 5.74) is 4.72. The SMILES string of the molecule is Cc1ccccc1CNC(=O)C1Cc2ccccc2CO1. The second-order valence-electron chi connectivity index (χ2n) is 5.42. The highest BCUT2D eigenvalue weighted by molar-refractivity contribution is 5.81. The number of ether oxygens (including phenoxy) is 1. The van der Waals surface area contributed by atoms with Gasteiger partial charge in [-0.15, -0.1) is 0 Å². The molecule has 2 aromatic rings. The minimum atomic E-state index is -0.385. The van der Waals surface area contributed by atoms with Gasteiger partial charge < -0.3 is 10.1 Å². The first-order valence-electron chi connectivity index (χ1n) is 7.24. The van der Waals surface area contributed by atoms with Crippen LogP contribution in [0, 0.1) is 6.92 Å². The summed E-state index contributed by atoms with van der Waals surface area (Å²) < 4.78 is 5.67. The molecule has 0 saturated heterocycles. The third-order valence-electron chi connectivity index (χ3n) is 3.97. The molecule has 108 valence electrons. The highest BCUT2D eigenvalue weighted by atomic mass is 16.5. The summed E-state index contributed by atoms with van der Waals surface area (Å²) in [6.07, 6.45) is 0.263. The minimum absolute atomic E-state index is 0.0345. The van der Waals surface area contributed by atoms with E-state index in [0.29, 0.717) is 19.6 Å². The van der Waals surface area contributed by atoms with Crippen LogP contribution >= 0.6 is 0 Å². The van der Waals surface area contributed by atoms with Gasteiger partial charge in [0.15, 0.2) is 0 Å². The predicted octanol–water partition coefficient (Wildman–Crippen LogP) is 2.75. The molecule has 1 unspecified atom stereocenters. The molecule has 1 N–H and O–H groups in total. The molecule has 0 aliphatic carbocycles. The molecule has 0 spiro atoms. The number of aryl methyl sites for hydroxylation is 1. The molecule has 3 rings (SSSR count). The Morgan fingerprint density at radius 2 is 1.86 bits per heavy atom. The van der Waals surface area contributed by atoms with Crippen LogP contribution in [-0.4, -0.2) is 12.0 Å². The van der Waals surface area contributed by atoms with Crippen molar-refractivity contribution >= 4 is 5.91 Å². The molecule has 1 amide bonds. The van der Waals surface area contributed by atoms with Crippen LogP contribution in [0.25, 0.3) is 0 Å². The topological polar surface area (TPSA) is 38.3 Å². The molecule has 2 aromatic carbocycles. The van der Waals surface area contributed by atoms with Gasteiger partial charge in [-0.25, -0.2) is 0 Å². The maximum absolute atomic E-state index is 12.3. The molecule has 0 fully saturated rings. The van der Waals surface area contributed by atoms with Crippen molar-refractivity contribution in [3.8, 4) is 0 Å². The molecular weight excluding hydrogens is 262 g/mol. The van der Waals surface area contributed by atoms with Gasteiger partial charge in [-0.3, -0.25) is 4.79 Å². The Hall–Kier alpha value is -2.13. The summed E-state index contributed by atoms with van der Waals surface area (Å²) >= 11 is 0. The molecule has 21 heavy (non-hydrogen) atoms. The van der Waals surface area contributed by atoms with Crippen molar-refractivity contribution in [3.05, 3.63) is 70.8 Å². The van der Waals surface area contributed by atoms with E-state index in [9.17, 15) is 4.79 Å². The lowest BCUT2D eigenvalue weighted by Crippen LogP contribution is -2.39. The van der Waals surface area contributed by atoms with E-state index in [1.807, 2.05) is 30.3 Å². The van der Waals surface area contributed by atoms with Gasteiger partial charge in [0.25, 0.3) is 0 Å². The molecule has 3 heteroatoms. The van der Waals surface area contributed by atoms with Crippen molar-refractivity contribution in [2.75, 3.05) is 0 Å². The molecule has 3 nitrogen and oxygen atoms in total. The van der Waals surface area contributed by atoms with Crippen molar-refractivity contribution in [2.45, 2.75) is 32.6 Å². The van der Waals surface area contributed by atoms with E-state index >= 15 is 0 Å². The lowest BCUT2D eigenvalue weighted by molar-refractivity contribution is -0.134. The molecule has 1 aliphatic heterocycles. The number of rotatable bonds is 3. The summed E-state index contributed by atoms with van der Waals surface area (Å²) in [7, 11) is 0. The maximum Gasteiger partial charge on any atom is 0.249 e. The third-order valence-corrected chi connectivity index (χ3v) is 3.97. The quantitative estimate of drug-likeness (QED) is 0.939. The molecule has 1 heterocycles. The molecule has 0 aromatic heterocycles. The van der Waals surface area contributed by atoms with Gasteiger partial charge in [0.1, 0.15) is 6.10 Å². The fourth-order valence-corrected chi connectivity index (χ4v) is 2.62. The monoisotopic (exact) mass is 281 g/mol. The van der Waals surface area contributed by atoms with Gasteiger partial charge in [-0.05, 0) is 29.2 Å². The number of carbonyl (C=O) groups excluding carboxylic acids is 1. The largest absolute Gasteiger partial charge is 0.363 e. The number of hydrogen-bond acceptors (Lipinski definition) is 2. The van der Waals surface area contributed by atoms with E-state index in [4.69, 9.17) is 4.74 Å². The average molecular weight is 281 g/mol. The molecule has 1 atom stereocenters. The van der Waals surface area contributed by atoms with Crippen molar-refractivity contribution in [1.82, 2.24) is 5.32 Å². The standard InChI is InChI=1S/C18H19NO2/c1-13-6-2-3-8-15(13)11-19-18(20)17-10-14-7-4-5-9-16(14)12-21-17/h2-9,17H,10-12H2,1H3,(H,19,20). The van der Waals surface area contributed by atoms with Crippen LogP contribution in [0.4, 0.5) is 0 Å². The van der Waals surface area contributed by atoms with E-state index in [1.165, 1.54) is 16.7 Å². The lowest BCUT2D eigenvalue weighted by Gasteiger charge is -2.24. The van der Waals surface area contributed by atoms with Gasteiger partial charge in [-0.1, -0.05) is 48.5 Å². The number of nitrogens with one attached hydrogen (secondary N) is 1. The summed E-state index contributed by atoms with van der Waals surface area (Å²) in [5, 5.41) is 2.98. The Kier molecular flexibility index (Phi) is 4.02. The Balaban J connectivity index is 1.61. The van der Waals surface area contributed by atoms with Crippen LogP contribution < -0.4 is 5.32 Å². The number of benzene rings is 2. The number of amides is 1. The van der Waals surface area contributed by atoms with E-state index in [-0.39, 0.29) is 12.0 Å². The summed E-state index contributed by atoms with van der Waals surface area (Å²) in [5.74, 6) is -0.0345. The zero-order valence-electron chi connectivity index (χ0n) is 12.1. The summed E-state index contributed by atoms with van der Waals surface area (Å²) in [6, 6.07) is 16.2. The highest BCUT2D eigenvalue weighted by Gasteiger charge is 2.24. The fourth-order valence-electron chi connectivity index (χ4n) is 2.62. The molecule has 0 bridgehead atoms. The highest BCUT2D eigenvalue weighted by Crippen LogP contribution is 2.20. The Morgan fingerprint density at radius 1 is 1.14 bits per heavy atom. The Labute approximate surface area is 124 Å². The lowest BCUT2D eigenvalue weighted by atomic mass is 9.99. The van der Waals surface area contributed by atoms with Crippen LogP contribution in [0.15, 0.2) is 48.5 Å². The second-order valence-corrected chi connectivity index (χ2v) is 5.42. The minimum Gasteiger partial charge on any atom is -0.363 e. The summed E-state index contributed by atoms with van der Waals surface area (Å²) in [6.45, 7) is 3.11. The van der Waals surface area contributed by atoms with Gasteiger partial charge in [0.05, 0.1) is 6.61 Å². The Bertz CT molecular complexity index is 651. The third kappa shape index (κ3) is 3.14. The molecule has 0 radical (unpaired) electrons. The number of fused-ring (bicyclic) bond motifs is 1. The summed E-state index contributed by atoms with van der Waals surface area (Å²) in [4.78, 5) is 12.3. The first-order chi connectivity index (χ1) is 10.2. The van der Waals surface area contributed by atoms with Gasteiger partial charge in [0, 0.05) is 13.0 Å². The number of carbonyl (C=O) groups is 1. The van der Waals surface area contributed by atoms with E-state index in [1.54, 1.807) is 0 Å². The Morgan fingerprint density at radius 3 is 2.67 bits per heavy atom. The second kappa shape index (κ2) is 6.10. The van der Waals surface area contributed by atoms with Crippen LogP contribution in [0.2, 0.25) is 0 Å². The van der Waals surface area contributed by atoms with Crippen LogP contribution in [0.3, 0.4) is 0 Å². The molecular formula is C18H19NO2. The molecule has 1 aliphatic rings.